The number of primary amides is 1. The lowest BCUT2D eigenvalue weighted by molar-refractivity contribution is -0.123. The number of hydrogen-bond donors (Lipinski definition) is 1. The number of benzene rings is 3. The van der Waals surface area contributed by atoms with Gasteiger partial charge in [-0.1, -0.05) is 54.2 Å². The number of fused-ring (bicyclic) bond motifs is 5. The maximum atomic E-state index is 13.3. The van der Waals surface area contributed by atoms with Crippen molar-refractivity contribution >= 4 is 56.9 Å². The fraction of sp³-hybridized carbons (Fsp3) is 0.207. The summed E-state index contributed by atoms with van der Waals surface area (Å²) < 4.78 is 1.98. The van der Waals surface area contributed by atoms with Gasteiger partial charge in [-0.25, -0.2) is 9.97 Å². The Morgan fingerprint density at radius 2 is 1.61 bits per heavy atom. The second kappa shape index (κ2) is 9.90. The molecule has 0 radical (unpaired) electrons. The van der Waals surface area contributed by atoms with Gasteiger partial charge in [-0.15, -0.1) is 0 Å². The van der Waals surface area contributed by atoms with Gasteiger partial charge >= 0.3 is 0 Å². The number of likely N-dealkylation sites (tertiary alicyclic amines) is 1. The second-order valence-corrected chi connectivity index (χ2v) is 10.4. The molecule has 190 valence electrons. The predicted molar refractivity (Wildman–Crippen MR) is 147 cm³/mol. The maximum absolute atomic E-state index is 13.3. The first kappa shape index (κ1) is 24.1. The Morgan fingerprint density at radius 3 is 2.37 bits per heavy atom. The van der Waals surface area contributed by atoms with Crippen molar-refractivity contribution in [3.63, 3.8) is 0 Å². The molecular formula is C29H25N5O3S. The Morgan fingerprint density at radius 1 is 0.868 bits per heavy atom. The number of para-hydroxylation sites is 2. The van der Waals surface area contributed by atoms with E-state index in [0.717, 1.165) is 22.1 Å². The maximum Gasteiger partial charge on any atom is 0.253 e. The third-order valence-corrected chi connectivity index (χ3v) is 8.01. The summed E-state index contributed by atoms with van der Waals surface area (Å²) in [4.78, 5) is 49.2. The van der Waals surface area contributed by atoms with Crippen molar-refractivity contribution in [3.05, 3.63) is 83.9 Å². The summed E-state index contributed by atoms with van der Waals surface area (Å²) >= 11 is 1.36. The van der Waals surface area contributed by atoms with Gasteiger partial charge in [0.15, 0.2) is 10.9 Å². The van der Waals surface area contributed by atoms with Crippen LogP contribution in [-0.4, -0.2) is 55.7 Å². The van der Waals surface area contributed by atoms with Crippen LogP contribution >= 0.6 is 11.8 Å². The molecule has 2 amide bonds. The highest BCUT2D eigenvalue weighted by atomic mass is 32.2. The van der Waals surface area contributed by atoms with Crippen molar-refractivity contribution in [3.8, 4) is 0 Å². The number of carbonyl (C=O) groups is 3. The summed E-state index contributed by atoms with van der Waals surface area (Å²) in [5.41, 5.74) is 9.73. The molecule has 8 nitrogen and oxygen atoms in total. The molecule has 0 saturated carbocycles. The van der Waals surface area contributed by atoms with Crippen LogP contribution in [-0.2, 0) is 4.79 Å². The van der Waals surface area contributed by atoms with Crippen molar-refractivity contribution in [2.24, 2.45) is 11.7 Å². The van der Waals surface area contributed by atoms with E-state index >= 15 is 0 Å². The van der Waals surface area contributed by atoms with Gasteiger partial charge in [0.1, 0.15) is 5.65 Å². The number of amides is 2. The molecule has 0 unspecified atom stereocenters. The predicted octanol–water partition coefficient (Wildman–Crippen LogP) is 4.35. The zero-order valence-electron chi connectivity index (χ0n) is 20.5. The van der Waals surface area contributed by atoms with Gasteiger partial charge in [-0.05, 0) is 43.2 Å². The molecule has 1 aliphatic heterocycles. The van der Waals surface area contributed by atoms with E-state index in [1.54, 1.807) is 17.0 Å². The minimum atomic E-state index is -0.307. The standard InChI is InChI=1S/C29H25N5O3S/c30-26(36)19-12-14-33(15-13-19)28(37)20-10-11-21-23(16-20)32-29(38-17-25(35)18-6-2-1-3-7-18)34-24-9-5-4-8-22(24)31-27(21)34/h1-11,16,19H,12-15,17H2,(H2,30,36). The third kappa shape index (κ3) is 4.39. The van der Waals surface area contributed by atoms with Crippen LogP contribution in [0.15, 0.2) is 78.0 Å². The van der Waals surface area contributed by atoms with Crippen LogP contribution in [0, 0.1) is 5.92 Å². The van der Waals surface area contributed by atoms with Crippen LogP contribution in [0.1, 0.15) is 33.6 Å². The van der Waals surface area contributed by atoms with E-state index in [1.807, 2.05) is 65.1 Å². The summed E-state index contributed by atoms with van der Waals surface area (Å²) in [6, 6.07) is 22.5. The van der Waals surface area contributed by atoms with E-state index in [0.29, 0.717) is 47.7 Å². The molecule has 0 bridgehead atoms. The highest BCUT2D eigenvalue weighted by Crippen LogP contribution is 2.30. The number of nitrogens with zero attached hydrogens (tertiary/aromatic N) is 4. The number of aromatic nitrogens is 3. The Bertz CT molecular complexity index is 1710. The van der Waals surface area contributed by atoms with Crippen molar-refractivity contribution in [2.45, 2.75) is 18.0 Å². The van der Waals surface area contributed by atoms with Gasteiger partial charge in [0.25, 0.3) is 5.91 Å². The van der Waals surface area contributed by atoms with Crippen LogP contribution in [0.4, 0.5) is 0 Å². The van der Waals surface area contributed by atoms with Crippen molar-refractivity contribution in [1.82, 2.24) is 19.3 Å². The fourth-order valence-corrected chi connectivity index (χ4v) is 5.89. The molecule has 5 aromatic rings. The van der Waals surface area contributed by atoms with Crippen LogP contribution < -0.4 is 5.73 Å². The zero-order chi connectivity index (χ0) is 26.2. The molecule has 1 aliphatic rings. The fourth-order valence-electron chi connectivity index (χ4n) is 4.98. The lowest BCUT2D eigenvalue weighted by Gasteiger charge is -2.30. The Kier molecular flexibility index (Phi) is 6.29. The van der Waals surface area contributed by atoms with Crippen LogP contribution in [0.25, 0.3) is 27.6 Å². The first-order valence-corrected chi connectivity index (χ1v) is 13.5. The number of Topliss-reactive ketones (excluding diaryl/α,β-unsaturated/α-hetero) is 1. The number of thioether (sulfide) groups is 1. The number of piperidine rings is 1. The van der Waals surface area contributed by atoms with Crippen LogP contribution in [0.2, 0.25) is 0 Å². The van der Waals surface area contributed by atoms with Crippen molar-refractivity contribution < 1.29 is 14.4 Å². The van der Waals surface area contributed by atoms with E-state index in [2.05, 4.69) is 0 Å². The summed E-state index contributed by atoms with van der Waals surface area (Å²) in [6.45, 7) is 0.983. The van der Waals surface area contributed by atoms with Gasteiger partial charge < -0.3 is 10.6 Å². The van der Waals surface area contributed by atoms with Crippen LogP contribution in [0.5, 0.6) is 0 Å². The Balaban J connectivity index is 1.38. The number of rotatable bonds is 6. The SMILES string of the molecule is NC(=O)C1CCN(C(=O)c2ccc3c(c2)nc(SCC(=O)c2ccccc2)n2c4ccccc4nc32)CC1. The summed E-state index contributed by atoms with van der Waals surface area (Å²) in [5, 5.41) is 1.46. The number of nitrogens with two attached hydrogens (primary N) is 1. The smallest absolute Gasteiger partial charge is 0.253 e. The van der Waals surface area contributed by atoms with Gasteiger partial charge in [-0.2, -0.15) is 0 Å². The topological polar surface area (TPSA) is 111 Å². The average Bonchev–Trinajstić information content (AvgIpc) is 3.35. The minimum Gasteiger partial charge on any atom is -0.369 e. The number of ketones is 1. The summed E-state index contributed by atoms with van der Waals surface area (Å²) in [5.74, 6) is -0.355. The molecule has 1 saturated heterocycles. The molecule has 38 heavy (non-hydrogen) atoms. The molecular weight excluding hydrogens is 498 g/mol. The van der Waals surface area contributed by atoms with Crippen molar-refractivity contribution in [2.75, 3.05) is 18.8 Å². The molecule has 6 rings (SSSR count). The molecule has 3 aromatic carbocycles. The highest BCUT2D eigenvalue weighted by Gasteiger charge is 2.27. The summed E-state index contributed by atoms with van der Waals surface area (Å²) in [6.07, 6.45) is 1.15. The quantitative estimate of drug-likeness (QED) is 0.201. The van der Waals surface area contributed by atoms with E-state index < -0.39 is 0 Å². The van der Waals surface area contributed by atoms with Crippen molar-refractivity contribution in [1.29, 1.82) is 0 Å². The molecule has 3 heterocycles. The molecule has 2 aromatic heterocycles. The van der Waals surface area contributed by atoms with Gasteiger partial charge in [0.2, 0.25) is 5.91 Å². The molecule has 9 heteroatoms. The number of imidazole rings is 1. The Labute approximate surface area is 222 Å². The molecule has 0 aliphatic carbocycles. The van der Waals surface area contributed by atoms with Crippen LogP contribution in [0.3, 0.4) is 0 Å². The normalized spacial score (nSPS) is 14.4. The van der Waals surface area contributed by atoms with E-state index in [1.165, 1.54) is 11.8 Å². The van der Waals surface area contributed by atoms with E-state index in [-0.39, 0.29) is 29.3 Å². The molecule has 2 N–H and O–H groups in total. The van der Waals surface area contributed by atoms with E-state index in [9.17, 15) is 14.4 Å². The zero-order valence-corrected chi connectivity index (χ0v) is 21.4. The summed E-state index contributed by atoms with van der Waals surface area (Å²) in [7, 11) is 0. The highest BCUT2D eigenvalue weighted by molar-refractivity contribution is 7.99. The lowest BCUT2D eigenvalue weighted by atomic mass is 9.96. The second-order valence-electron chi connectivity index (χ2n) is 9.43. The Hall–Kier alpha value is -4.24. The number of carbonyl (C=O) groups excluding carboxylic acids is 3. The lowest BCUT2D eigenvalue weighted by Crippen LogP contribution is -2.41. The van der Waals surface area contributed by atoms with Gasteiger partial charge in [0.05, 0.1) is 22.3 Å². The largest absolute Gasteiger partial charge is 0.369 e. The molecule has 1 fully saturated rings. The molecule has 0 spiro atoms. The molecule has 0 atom stereocenters. The minimum absolute atomic E-state index is 0.0124. The monoisotopic (exact) mass is 523 g/mol. The first-order valence-electron chi connectivity index (χ1n) is 12.5. The number of hydrogen-bond acceptors (Lipinski definition) is 6. The first-order chi connectivity index (χ1) is 18.5. The third-order valence-electron chi connectivity index (χ3n) is 7.07. The van der Waals surface area contributed by atoms with Gasteiger partial charge in [-0.3, -0.25) is 18.8 Å². The van der Waals surface area contributed by atoms with E-state index in [4.69, 9.17) is 15.7 Å². The van der Waals surface area contributed by atoms with Gasteiger partial charge in [0, 0.05) is 35.5 Å². The average molecular weight is 524 g/mol.